The minimum atomic E-state index is -0.151. The van der Waals surface area contributed by atoms with Gasteiger partial charge >= 0.3 is 0 Å². The Labute approximate surface area is 135 Å². The number of hydrogen-bond acceptors (Lipinski definition) is 5. The lowest BCUT2D eigenvalue weighted by atomic mass is 9.78. The molecule has 0 saturated heterocycles. The average molecular weight is 313 g/mol. The molecule has 1 fully saturated rings. The normalized spacial score (nSPS) is 26.5. The summed E-state index contributed by atoms with van der Waals surface area (Å²) in [6.45, 7) is 0.0862. The van der Waals surface area contributed by atoms with Crippen LogP contribution in [0.3, 0.4) is 0 Å². The standard InChI is InChI=1S/C18H19NO4/c1-21-13-4-2-12(3-5-13)16-11-23-17-10-14(22-9-8-19)6-7-15(17)18(16)20/h2-5,11,14-15,17H,6-7,9-10H2,1H3. The predicted molar refractivity (Wildman–Crippen MR) is 83.5 cm³/mol. The number of ether oxygens (including phenoxy) is 3. The third-order valence-corrected chi connectivity index (χ3v) is 4.49. The number of hydrogen-bond donors (Lipinski definition) is 0. The first kappa shape index (κ1) is 15.6. The number of nitriles is 1. The summed E-state index contributed by atoms with van der Waals surface area (Å²) in [5, 5.41) is 8.59. The van der Waals surface area contributed by atoms with Gasteiger partial charge in [-0.05, 0) is 30.5 Å². The molecule has 120 valence electrons. The van der Waals surface area contributed by atoms with Gasteiger partial charge in [-0.15, -0.1) is 0 Å². The lowest BCUT2D eigenvalue weighted by molar-refractivity contribution is -0.127. The number of allylic oxidation sites excluding steroid dienone is 1. The third-order valence-electron chi connectivity index (χ3n) is 4.49. The molecule has 0 radical (unpaired) electrons. The van der Waals surface area contributed by atoms with Gasteiger partial charge in [0.05, 0.1) is 37.0 Å². The Bertz CT molecular complexity index is 644. The van der Waals surface area contributed by atoms with Gasteiger partial charge in [0.15, 0.2) is 5.78 Å². The highest BCUT2D eigenvalue weighted by atomic mass is 16.5. The van der Waals surface area contributed by atoms with Crippen molar-refractivity contribution in [2.45, 2.75) is 31.5 Å². The van der Waals surface area contributed by atoms with Gasteiger partial charge in [0.1, 0.15) is 18.5 Å². The van der Waals surface area contributed by atoms with Gasteiger partial charge in [-0.25, -0.2) is 0 Å². The van der Waals surface area contributed by atoms with Crippen molar-refractivity contribution < 1.29 is 19.0 Å². The van der Waals surface area contributed by atoms with Gasteiger partial charge in [0, 0.05) is 6.42 Å². The van der Waals surface area contributed by atoms with Crippen LogP contribution < -0.4 is 4.74 Å². The number of rotatable bonds is 4. The highest BCUT2D eigenvalue weighted by Gasteiger charge is 2.40. The Morgan fingerprint density at radius 2 is 2.09 bits per heavy atom. The fourth-order valence-electron chi connectivity index (χ4n) is 3.24. The summed E-state index contributed by atoms with van der Waals surface area (Å²) in [5.74, 6) is 0.760. The molecule has 0 spiro atoms. The van der Waals surface area contributed by atoms with Gasteiger partial charge in [-0.1, -0.05) is 12.1 Å². The Morgan fingerprint density at radius 1 is 1.30 bits per heavy atom. The van der Waals surface area contributed by atoms with E-state index in [0.29, 0.717) is 12.0 Å². The summed E-state index contributed by atoms with van der Waals surface area (Å²) in [4.78, 5) is 12.8. The van der Waals surface area contributed by atoms with Crippen molar-refractivity contribution in [3.8, 4) is 11.8 Å². The zero-order valence-electron chi connectivity index (χ0n) is 13.0. The zero-order chi connectivity index (χ0) is 16.2. The summed E-state index contributed by atoms with van der Waals surface area (Å²) in [5.41, 5.74) is 1.46. The zero-order valence-corrected chi connectivity index (χ0v) is 13.0. The summed E-state index contributed by atoms with van der Waals surface area (Å²) in [6, 6.07) is 9.39. The number of fused-ring (bicyclic) bond motifs is 1. The molecule has 1 aromatic carbocycles. The smallest absolute Gasteiger partial charge is 0.173 e. The van der Waals surface area contributed by atoms with E-state index in [1.165, 1.54) is 0 Å². The second-order valence-corrected chi connectivity index (χ2v) is 5.81. The molecule has 3 atom stereocenters. The van der Waals surface area contributed by atoms with E-state index in [1.807, 2.05) is 30.3 Å². The Balaban J connectivity index is 1.73. The number of benzene rings is 1. The molecule has 5 nitrogen and oxygen atoms in total. The van der Waals surface area contributed by atoms with E-state index in [0.717, 1.165) is 24.2 Å². The number of nitrogens with zero attached hydrogens (tertiary/aromatic N) is 1. The van der Waals surface area contributed by atoms with E-state index < -0.39 is 0 Å². The van der Waals surface area contributed by atoms with Crippen molar-refractivity contribution in [2.24, 2.45) is 5.92 Å². The first-order chi connectivity index (χ1) is 11.2. The molecule has 1 heterocycles. The van der Waals surface area contributed by atoms with Crippen molar-refractivity contribution >= 4 is 11.4 Å². The lowest BCUT2D eigenvalue weighted by Gasteiger charge is -2.37. The van der Waals surface area contributed by atoms with Gasteiger partial charge in [0.2, 0.25) is 0 Å². The van der Waals surface area contributed by atoms with Crippen molar-refractivity contribution in [2.75, 3.05) is 13.7 Å². The maximum absolute atomic E-state index is 12.8. The Morgan fingerprint density at radius 3 is 2.78 bits per heavy atom. The maximum atomic E-state index is 12.8. The quantitative estimate of drug-likeness (QED) is 0.855. The van der Waals surface area contributed by atoms with Crippen LogP contribution in [-0.2, 0) is 14.3 Å². The largest absolute Gasteiger partial charge is 0.497 e. The third kappa shape index (κ3) is 3.22. The Hall–Kier alpha value is -2.32. The molecule has 23 heavy (non-hydrogen) atoms. The van der Waals surface area contributed by atoms with Crippen molar-refractivity contribution in [3.63, 3.8) is 0 Å². The van der Waals surface area contributed by atoms with E-state index in [4.69, 9.17) is 19.5 Å². The molecule has 1 aliphatic carbocycles. The monoisotopic (exact) mass is 313 g/mol. The summed E-state index contributed by atoms with van der Waals surface area (Å²) in [7, 11) is 1.61. The fraction of sp³-hybridized carbons (Fsp3) is 0.444. The maximum Gasteiger partial charge on any atom is 0.173 e. The van der Waals surface area contributed by atoms with Gasteiger partial charge in [-0.3, -0.25) is 4.79 Å². The molecule has 5 heteroatoms. The van der Waals surface area contributed by atoms with Crippen LogP contribution in [0, 0.1) is 17.2 Å². The van der Waals surface area contributed by atoms with E-state index in [9.17, 15) is 4.79 Å². The number of Topliss-reactive ketones (excluding diaryl/α,β-unsaturated/α-hetero) is 1. The second kappa shape index (κ2) is 6.84. The molecule has 0 N–H and O–H groups in total. The minimum Gasteiger partial charge on any atom is -0.497 e. The first-order valence-electron chi connectivity index (χ1n) is 7.75. The highest BCUT2D eigenvalue weighted by molar-refractivity contribution is 6.22. The highest BCUT2D eigenvalue weighted by Crippen LogP contribution is 2.37. The van der Waals surface area contributed by atoms with Gasteiger partial charge in [0.25, 0.3) is 0 Å². The van der Waals surface area contributed by atoms with Crippen molar-refractivity contribution in [3.05, 3.63) is 36.1 Å². The van der Waals surface area contributed by atoms with E-state index in [1.54, 1.807) is 13.4 Å². The molecule has 1 saturated carbocycles. The van der Waals surface area contributed by atoms with Crippen molar-refractivity contribution in [1.29, 1.82) is 5.26 Å². The molecular weight excluding hydrogens is 294 g/mol. The topological polar surface area (TPSA) is 68.6 Å². The summed E-state index contributed by atoms with van der Waals surface area (Å²) in [6.07, 6.45) is 3.59. The van der Waals surface area contributed by atoms with Crippen LogP contribution in [0.4, 0.5) is 0 Å². The predicted octanol–water partition coefficient (Wildman–Crippen LogP) is 2.71. The van der Waals surface area contributed by atoms with Crippen LogP contribution in [0.25, 0.3) is 5.57 Å². The molecule has 2 aliphatic rings. The SMILES string of the molecule is COc1ccc(C2=COC3CC(OCC#N)CCC3C2=O)cc1. The average Bonchev–Trinajstić information content (AvgIpc) is 2.60. The first-order valence-corrected chi connectivity index (χ1v) is 7.75. The van der Waals surface area contributed by atoms with Crippen LogP contribution in [0.2, 0.25) is 0 Å². The molecule has 0 aromatic heterocycles. The van der Waals surface area contributed by atoms with Crippen LogP contribution in [0.5, 0.6) is 5.75 Å². The fourth-order valence-corrected chi connectivity index (χ4v) is 3.24. The van der Waals surface area contributed by atoms with Crippen LogP contribution in [0.15, 0.2) is 30.5 Å². The van der Waals surface area contributed by atoms with Gasteiger partial charge < -0.3 is 14.2 Å². The Kier molecular flexibility index (Phi) is 4.63. The second-order valence-electron chi connectivity index (χ2n) is 5.81. The molecule has 3 unspecified atom stereocenters. The van der Waals surface area contributed by atoms with E-state index in [-0.39, 0.29) is 30.5 Å². The van der Waals surface area contributed by atoms with E-state index >= 15 is 0 Å². The number of carbonyl (C=O) groups excluding carboxylic acids is 1. The van der Waals surface area contributed by atoms with E-state index in [2.05, 4.69) is 0 Å². The van der Waals surface area contributed by atoms with Crippen LogP contribution in [0.1, 0.15) is 24.8 Å². The summed E-state index contributed by atoms with van der Waals surface area (Å²) < 4.78 is 16.4. The molecule has 1 aliphatic heterocycles. The van der Waals surface area contributed by atoms with Gasteiger partial charge in [-0.2, -0.15) is 5.26 Å². The van der Waals surface area contributed by atoms with Crippen molar-refractivity contribution in [1.82, 2.24) is 0 Å². The summed E-state index contributed by atoms with van der Waals surface area (Å²) >= 11 is 0. The number of methoxy groups -OCH3 is 1. The number of carbonyl (C=O) groups is 1. The molecule has 0 bridgehead atoms. The molecule has 1 aromatic rings. The van der Waals surface area contributed by atoms with Crippen LogP contribution in [-0.4, -0.2) is 31.7 Å². The molecular formula is C18H19NO4. The molecule has 3 rings (SSSR count). The van der Waals surface area contributed by atoms with Crippen LogP contribution >= 0.6 is 0 Å². The number of ketones is 1. The minimum absolute atomic E-state index is 0.000337. The molecule has 0 amide bonds. The lowest BCUT2D eigenvalue weighted by Crippen LogP contribution is -2.41.